The Kier molecular flexibility index (Phi) is 209. The fourth-order valence-corrected chi connectivity index (χ4v) is 0. The summed E-state index contributed by atoms with van der Waals surface area (Å²) in [5.74, 6) is 0. The maximum Gasteiger partial charge on any atom is 0.0587 e. The molecule has 3 nitrogen and oxygen atoms in total. The van der Waals surface area contributed by atoms with Gasteiger partial charge >= 0.3 is 0 Å². The van der Waals surface area contributed by atoms with Crippen molar-refractivity contribution in [1.82, 2.24) is 0 Å². The SMILES string of the molecule is CC#N.CC#N.CC#N.[Pd]. The molecule has 0 N–H and O–H groups in total. The summed E-state index contributed by atoms with van der Waals surface area (Å²) in [7, 11) is 0. The second kappa shape index (κ2) is 91.0. The minimum atomic E-state index is 0. The predicted molar refractivity (Wildman–Crippen MR) is 33.9 cm³/mol. The smallest absolute Gasteiger partial charge is 0.0587 e. The first-order chi connectivity index (χ1) is 4.24. The van der Waals surface area contributed by atoms with Crippen molar-refractivity contribution >= 4 is 0 Å². The van der Waals surface area contributed by atoms with Crippen LogP contribution in [-0.4, -0.2) is 0 Å². The number of nitriles is 3. The van der Waals surface area contributed by atoms with E-state index >= 15 is 0 Å². The zero-order valence-corrected chi connectivity index (χ0v) is 7.71. The third kappa shape index (κ3) is 356. The van der Waals surface area contributed by atoms with Gasteiger partial charge in [-0.15, -0.1) is 0 Å². The van der Waals surface area contributed by atoms with E-state index < -0.39 is 0 Å². The van der Waals surface area contributed by atoms with Gasteiger partial charge in [0, 0.05) is 41.2 Å². The number of hydrogen-bond donors (Lipinski definition) is 0. The van der Waals surface area contributed by atoms with Crippen molar-refractivity contribution in [3.05, 3.63) is 0 Å². The summed E-state index contributed by atoms with van der Waals surface area (Å²) in [5, 5.41) is 22.0. The van der Waals surface area contributed by atoms with Gasteiger partial charge in [0.25, 0.3) is 0 Å². The van der Waals surface area contributed by atoms with Gasteiger partial charge in [-0.2, -0.15) is 15.8 Å². The quantitative estimate of drug-likeness (QED) is 0.592. The molecule has 0 aliphatic heterocycles. The van der Waals surface area contributed by atoms with Crippen LogP contribution in [0.5, 0.6) is 0 Å². The molecule has 0 fully saturated rings. The zero-order valence-electron chi connectivity index (χ0n) is 6.16. The Morgan fingerprint density at radius 3 is 0.700 bits per heavy atom. The van der Waals surface area contributed by atoms with Crippen molar-refractivity contribution in [2.45, 2.75) is 20.8 Å². The van der Waals surface area contributed by atoms with Gasteiger partial charge in [0.15, 0.2) is 0 Å². The van der Waals surface area contributed by atoms with Crippen molar-refractivity contribution in [2.24, 2.45) is 0 Å². The second-order valence-corrected chi connectivity index (χ2v) is 0.671. The Hall–Kier alpha value is -0.868. The first kappa shape index (κ1) is 22.9. The molecular formula is C6H9N3Pd. The van der Waals surface area contributed by atoms with Crippen LogP contribution < -0.4 is 0 Å². The van der Waals surface area contributed by atoms with E-state index in [-0.39, 0.29) is 20.4 Å². The van der Waals surface area contributed by atoms with E-state index in [1.54, 1.807) is 18.2 Å². The first-order valence-electron chi connectivity index (χ1n) is 2.17. The molecule has 4 heteroatoms. The van der Waals surface area contributed by atoms with E-state index in [4.69, 9.17) is 15.8 Å². The van der Waals surface area contributed by atoms with Crippen LogP contribution >= 0.6 is 0 Å². The van der Waals surface area contributed by atoms with Crippen molar-refractivity contribution in [2.75, 3.05) is 0 Å². The van der Waals surface area contributed by atoms with Gasteiger partial charge in [-0.05, 0) is 0 Å². The predicted octanol–water partition coefficient (Wildman–Crippen LogP) is 1.59. The molecule has 10 heavy (non-hydrogen) atoms. The van der Waals surface area contributed by atoms with Gasteiger partial charge in [-0.25, -0.2) is 0 Å². The van der Waals surface area contributed by atoms with E-state index in [1.165, 1.54) is 20.8 Å². The third-order valence-corrected chi connectivity index (χ3v) is 0. The Morgan fingerprint density at radius 1 is 0.700 bits per heavy atom. The summed E-state index contributed by atoms with van der Waals surface area (Å²) in [6.07, 6.45) is 0. The molecule has 0 radical (unpaired) electrons. The molecule has 0 aliphatic carbocycles. The molecule has 0 saturated heterocycles. The van der Waals surface area contributed by atoms with Crippen LogP contribution in [0, 0.1) is 34.0 Å². The number of hydrogen-bond acceptors (Lipinski definition) is 3. The van der Waals surface area contributed by atoms with Crippen molar-refractivity contribution in [1.29, 1.82) is 15.8 Å². The molecule has 0 aromatic carbocycles. The second-order valence-electron chi connectivity index (χ2n) is 0.671. The summed E-state index contributed by atoms with van der Waals surface area (Å²) in [6, 6.07) is 5.25. The molecule has 0 aliphatic rings. The molecule has 0 unspecified atom stereocenters. The minimum absolute atomic E-state index is 0. The van der Waals surface area contributed by atoms with Gasteiger partial charge in [0.2, 0.25) is 0 Å². The number of nitrogens with zero attached hydrogens (tertiary/aromatic N) is 3. The van der Waals surface area contributed by atoms with E-state index in [1.807, 2.05) is 0 Å². The summed E-state index contributed by atoms with van der Waals surface area (Å²) in [5.41, 5.74) is 0. The van der Waals surface area contributed by atoms with Crippen molar-refractivity contribution in [3.8, 4) is 18.2 Å². The molecule has 0 aromatic rings. The summed E-state index contributed by atoms with van der Waals surface area (Å²) < 4.78 is 0. The number of rotatable bonds is 0. The van der Waals surface area contributed by atoms with Gasteiger partial charge in [0.1, 0.15) is 0 Å². The Balaban J connectivity index is -0.0000000257. The molecule has 0 saturated carbocycles. The molecule has 0 spiro atoms. The van der Waals surface area contributed by atoms with Crippen molar-refractivity contribution < 1.29 is 20.4 Å². The summed E-state index contributed by atoms with van der Waals surface area (Å²) >= 11 is 0. The average Bonchev–Trinajstić information content (AvgIpc) is 1.70. The largest absolute Gasteiger partial charge is 0.199 e. The summed E-state index contributed by atoms with van der Waals surface area (Å²) in [6.45, 7) is 4.29. The maximum absolute atomic E-state index is 7.32. The van der Waals surface area contributed by atoms with Gasteiger partial charge < -0.3 is 0 Å². The molecule has 0 rings (SSSR count). The molecule has 0 atom stereocenters. The Labute approximate surface area is 75.5 Å². The monoisotopic (exact) mass is 229 g/mol. The molecule has 0 bridgehead atoms. The molecular weight excluding hydrogens is 221 g/mol. The van der Waals surface area contributed by atoms with Crippen LogP contribution in [0.3, 0.4) is 0 Å². The van der Waals surface area contributed by atoms with Crippen molar-refractivity contribution in [3.63, 3.8) is 0 Å². The van der Waals surface area contributed by atoms with E-state index in [2.05, 4.69) is 0 Å². The van der Waals surface area contributed by atoms with E-state index in [0.717, 1.165) is 0 Å². The molecule has 58 valence electrons. The Bertz CT molecular complexity index is 106. The molecule has 0 aromatic heterocycles. The van der Waals surface area contributed by atoms with Gasteiger partial charge in [-0.1, -0.05) is 0 Å². The normalized spacial score (nSPS) is 2.40. The standard InChI is InChI=1S/3C2H3N.Pd/c3*1-2-3;/h3*1H3;. The van der Waals surface area contributed by atoms with Crippen LogP contribution in [0.25, 0.3) is 0 Å². The van der Waals surface area contributed by atoms with Crippen LogP contribution in [0.1, 0.15) is 20.8 Å². The third-order valence-electron chi connectivity index (χ3n) is 0. The zero-order chi connectivity index (χ0) is 8.12. The van der Waals surface area contributed by atoms with Gasteiger partial charge in [0.05, 0.1) is 18.2 Å². The van der Waals surface area contributed by atoms with Gasteiger partial charge in [-0.3, -0.25) is 0 Å². The van der Waals surface area contributed by atoms with E-state index in [9.17, 15) is 0 Å². The van der Waals surface area contributed by atoms with Crippen LogP contribution in [-0.2, 0) is 20.4 Å². The Morgan fingerprint density at radius 2 is 0.700 bits per heavy atom. The topological polar surface area (TPSA) is 71.4 Å². The van der Waals surface area contributed by atoms with E-state index in [0.29, 0.717) is 0 Å². The fraction of sp³-hybridized carbons (Fsp3) is 0.500. The average molecular weight is 230 g/mol. The van der Waals surface area contributed by atoms with Crippen LogP contribution in [0.2, 0.25) is 0 Å². The molecule has 0 heterocycles. The summed E-state index contributed by atoms with van der Waals surface area (Å²) in [4.78, 5) is 0. The first-order valence-corrected chi connectivity index (χ1v) is 2.17. The maximum atomic E-state index is 7.32. The van der Waals surface area contributed by atoms with Crippen LogP contribution in [0.4, 0.5) is 0 Å². The minimum Gasteiger partial charge on any atom is -0.199 e. The fourth-order valence-electron chi connectivity index (χ4n) is 0. The molecule has 0 amide bonds. The van der Waals surface area contributed by atoms with Crippen LogP contribution in [0.15, 0.2) is 0 Å².